The third-order valence-electron chi connectivity index (χ3n) is 2.31. The van der Waals surface area contributed by atoms with Crippen LogP contribution in [0, 0.1) is 11.7 Å². The zero-order valence-corrected chi connectivity index (χ0v) is 11.2. The number of ether oxygens (including phenoxy) is 1. The van der Waals surface area contributed by atoms with Crippen molar-refractivity contribution >= 4 is 11.6 Å². The average Bonchev–Trinajstić information content (AvgIpc) is 2.28. The first kappa shape index (κ1) is 14.3. The van der Waals surface area contributed by atoms with Crippen LogP contribution >= 0.6 is 11.6 Å². The third-order valence-corrected chi connectivity index (χ3v) is 2.61. The second-order valence-electron chi connectivity index (χ2n) is 4.53. The van der Waals surface area contributed by atoms with Crippen LogP contribution in [0.25, 0.3) is 0 Å². The van der Waals surface area contributed by atoms with Gasteiger partial charge >= 0.3 is 0 Å². The van der Waals surface area contributed by atoms with Gasteiger partial charge in [0.1, 0.15) is 0 Å². The van der Waals surface area contributed by atoms with Crippen molar-refractivity contribution in [1.82, 2.24) is 5.32 Å². The predicted molar refractivity (Wildman–Crippen MR) is 69.2 cm³/mol. The molecule has 0 amide bonds. The van der Waals surface area contributed by atoms with E-state index in [4.69, 9.17) is 16.3 Å². The maximum Gasteiger partial charge on any atom is 0.183 e. The SMILES string of the molecule is CC(CNC(C)C)COc1cccc(Cl)c1F. The minimum Gasteiger partial charge on any atom is -0.490 e. The van der Waals surface area contributed by atoms with Crippen LogP contribution in [0.2, 0.25) is 5.02 Å². The van der Waals surface area contributed by atoms with Gasteiger partial charge in [0.2, 0.25) is 0 Å². The molecular weight excluding hydrogens is 241 g/mol. The van der Waals surface area contributed by atoms with E-state index in [2.05, 4.69) is 26.1 Å². The molecule has 1 atom stereocenters. The Morgan fingerprint density at radius 1 is 1.35 bits per heavy atom. The summed E-state index contributed by atoms with van der Waals surface area (Å²) in [6.45, 7) is 7.54. The summed E-state index contributed by atoms with van der Waals surface area (Å²) in [6.07, 6.45) is 0. The minimum atomic E-state index is -0.488. The van der Waals surface area contributed by atoms with Crippen LogP contribution in [0.5, 0.6) is 5.75 Å². The quantitative estimate of drug-likeness (QED) is 0.844. The second-order valence-corrected chi connectivity index (χ2v) is 4.94. The van der Waals surface area contributed by atoms with Gasteiger partial charge in [0.15, 0.2) is 11.6 Å². The maximum absolute atomic E-state index is 13.5. The molecule has 17 heavy (non-hydrogen) atoms. The highest BCUT2D eigenvalue weighted by Gasteiger charge is 2.09. The minimum absolute atomic E-state index is 0.0930. The van der Waals surface area contributed by atoms with Crippen LogP contribution in [-0.4, -0.2) is 19.2 Å². The van der Waals surface area contributed by atoms with Crippen molar-refractivity contribution in [2.75, 3.05) is 13.2 Å². The van der Waals surface area contributed by atoms with E-state index in [-0.39, 0.29) is 10.8 Å². The normalized spacial score (nSPS) is 12.8. The molecule has 0 aliphatic carbocycles. The molecule has 0 saturated heterocycles. The number of halogens is 2. The summed E-state index contributed by atoms with van der Waals surface area (Å²) >= 11 is 5.66. The van der Waals surface area contributed by atoms with Gasteiger partial charge < -0.3 is 10.1 Å². The van der Waals surface area contributed by atoms with Crippen molar-refractivity contribution in [2.24, 2.45) is 5.92 Å². The molecule has 1 aromatic rings. The highest BCUT2D eigenvalue weighted by molar-refractivity contribution is 6.30. The molecule has 0 spiro atoms. The largest absolute Gasteiger partial charge is 0.490 e. The summed E-state index contributed by atoms with van der Waals surface area (Å²) < 4.78 is 18.9. The predicted octanol–water partition coefficient (Wildman–Crippen LogP) is 3.49. The van der Waals surface area contributed by atoms with E-state index in [1.165, 1.54) is 6.07 Å². The lowest BCUT2D eigenvalue weighted by Gasteiger charge is -2.16. The molecule has 1 aromatic carbocycles. The van der Waals surface area contributed by atoms with E-state index < -0.39 is 5.82 Å². The first-order valence-corrected chi connectivity index (χ1v) is 6.18. The fraction of sp³-hybridized carbons (Fsp3) is 0.538. The molecule has 2 nitrogen and oxygen atoms in total. The van der Waals surface area contributed by atoms with Crippen molar-refractivity contribution < 1.29 is 9.13 Å². The standard InChI is InChI=1S/C13H19ClFNO/c1-9(2)16-7-10(3)8-17-12-6-4-5-11(14)13(12)15/h4-6,9-10,16H,7-8H2,1-3H3. The zero-order chi connectivity index (χ0) is 12.8. The summed E-state index contributed by atoms with van der Waals surface area (Å²) in [5.74, 6) is 0.0443. The molecule has 0 fully saturated rings. The van der Waals surface area contributed by atoms with Gasteiger partial charge in [-0.3, -0.25) is 0 Å². The topological polar surface area (TPSA) is 21.3 Å². The lowest BCUT2D eigenvalue weighted by Crippen LogP contribution is -2.30. The van der Waals surface area contributed by atoms with Crippen LogP contribution < -0.4 is 10.1 Å². The Bertz CT molecular complexity index is 357. The zero-order valence-electron chi connectivity index (χ0n) is 10.5. The van der Waals surface area contributed by atoms with Crippen molar-refractivity contribution in [2.45, 2.75) is 26.8 Å². The van der Waals surface area contributed by atoms with Gasteiger partial charge in [-0.2, -0.15) is 0 Å². The summed E-state index contributed by atoms with van der Waals surface area (Å²) in [6, 6.07) is 5.22. The van der Waals surface area contributed by atoms with Gasteiger partial charge in [-0.05, 0) is 12.1 Å². The molecule has 0 radical (unpaired) electrons. The van der Waals surface area contributed by atoms with E-state index >= 15 is 0 Å². The van der Waals surface area contributed by atoms with Gasteiger partial charge in [0.05, 0.1) is 11.6 Å². The molecule has 96 valence electrons. The average molecular weight is 260 g/mol. The molecule has 0 aliphatic rings. The number of hydrogen-bond donors (Lipinski definition) is 1. The molecule has 4 heteroatoms. The first-order valence-electron chi connectivity index (χ1n) is 5.81. The van der Waals surface area contributed by atoms with Crippen LogP contribution in [-0.2, 0) is 0 Å². The molecule has 0 aliphatic heterocycles. The number of benzene rings is 1. The molecule has 1 N–H and O–H groups in total. The van der Waals surface area contributed by atoms with E-state index in [1.807, 2.05) is 0 Å². The Balaban J connectivity index is 2.42. The van der Waals surface area contributed by atoms with Gasteiger partial charge in [0.25, 0.3) is 0 Å². The van der Waals surface area contributed by atoms with Crippen LogP contribution in [0.1, 0.15) is 20.8 Å². The number of rotatable bonds is 6. The molecule has 0 saturated carbocycles. The van der Waals surface area contributed by atoms with E-state index in [0.717, 1.165) is 6.54 Å². The Labute approximate surface area is 107 Å². The smallest absolute Gasteiger partial charge is 0.183 e. The Kier molecular flexibility index (Phi) is 5.72. The van der Waals surface area contributed by atoms with Crippen molar-refractivity contribution in [3.8, 4) is 5.75 Å². The van der Waals surface area contributed by atoms with Crippen molar-refractivity contribution in [3.63, 3.8) is 0 Å². The number of nitrogens with one attached hydrogen (secondary N) is 1. The summed E-state index contributed by atoms with van der Waals surface area (Å²) in [5, 5.41) is 3.40. The van der Waals surface area contributed by atoms with E-state index in [0.29, 0.717) is 18.6 Å². The summed E-state index contributed by atoms with van der Waals surface area (Å²) in [7, 11) is 0. The van der Waals surface area contributed by atoms with Crippen LogP contribution in [0.3, 0.4) is 0 Å². The van der Waals surface area contributed by atoms with Crippen molar-refractivity contribution in [3.05, 3.63) is 29.0 Å². The molecule has 1 unspecified atom stereocenters. The second kappa shape index (κ2) is 6.82. The van der Waals surface area contributed by atoms with Gasteiger partial charge in [-0.25, -0.2) is 4.39 Å². The lowest BCUT2D eigenvalue weighted by atomic mass is 10.2. The van der Waals surface area contributed by atoms with E-state index in [9.17, 15) is 4.39 Å². The molecule has 0 heterocycles. The maximum atomic E-state index is 13.5. The Morgan fingerprint density at radius 3 is 2.71 bits per heavy atom. The lowest BCUT2D eigenvalue weighted by molar-refractivity contribution is 0.243. The Hall–Kier alpha value is -0.800. The fourth-order valence-corrected chi connectivity index (χ4v) is 1.49. The van der Waals surface area contributed by atoms with Crippen LogP contribution in [0.15, 0.2) is 18.2 Å². The fourth-order valence-electron chi connectivity index (χ4n) is 1.32. The third kappa shape index (κ3) is 4.92. The van der Waals surface area contributed by atoms with Gasteiger partial charge in [0, 0.05) is 18.5 Å². The molecule has 1 rings (SSSR count). The van der Waals surface area contributed by atoms with Crippen molar-refractivity contribution in [1.29, 1.82) is 0 Å². The monoisotopic (exact) mass is 259 g/mol. The molecular formula is C13H19ClFNO. The van der Waals surface area contributed by atoms with Crippen LogP contribution in [0.4, 0.5) is 4.39 Å². The van der Waals surface area contributed by atoms with Gasteiger partial charge in [-0.1, -0.05) is 38.4 Å². The first-order chi connectivity index (χ1) is 8.00. The van der Waals surface area contributed by atoms with E-state index in [1.54, 1.807) is 12.1 Å². The molecule has 0 aromatic heterocycles. The highest BCUT2D eigenvalue weighted by atomic mass is 35.5. The number of hydrogen-bond acceptors (Lipinski definition) is 2. The highest BCUT2D eigenvalue weighted by Crippen LogP contribution is 2.24. The molecule has 0 bridgehead atoms. The Morgan fingerprint density at radius 2 is 2.06 bits per heavy atom. The summed E-state index contributed by atoms with van der Waals surface area (Å²) in [5.41, 5.74) is 0. The van der Waals surface area contributed by atoms with Gasteiger partial charge in [-0.15, -0.1) is 0 Å². The summed E-state index contributed by atoms with van der Waals surface area (Å²) in [4.78, 5) is 0.